The number of carbonyl (C=O) groups excluding carboxylic acids is 1. The molecule has 0 bridgehead atoms. The molecule has 0 saturated carbocycles. The van der Waals surface area contributed by atoms with E-state index in [2.05, 4.69) is 0 Å². The molecule has 4 aromatic carbocycles. The Labute approximate surface area is 195 Å². The molecule has 0 aliphatic carbocycles. The van der Waals surface area contributed by atoms with Gasteiger partial charge in [-0.2, -0.15) is 0 Å². The SMILES string of the molecule is Cc1ccc(N(C(=O)C(c2ccccc2)c2ccccc2)S(=O)(=O)c2ccc(C)cc2)cc1. The zero-order valence-corrected chi connectivity index (χ0v) is 19.4. The van der Waals surface area contributed by atoms with E-state index >= 15 is 0 Å². The van der Waals surface area contributed by atoms with Gasteiger partial charge in [0.15, 0.2) is 0 Å². The average molecular weight is 456 g/mol. The van der Waals surface area contributed by atoms with Gasteiger partial charge in [-0.25, -0.2) is 12.7 Å². The van der Waals surface area contributed by atoms with Crippen LogP contribution in [0.15, 0.2) is 114 Å². The fourth-order valence-corrected chi connectivity index (χ4v) is 5.20. The molecule has 4 nitrogen and oxygen atoms in total. The van der Waals surface area contributed by atoms with Gasteiger partial charge in [-0.05, 0) is 49.2 Å². The van der Waals surface area contributed by atoms with Crippen molar-refractivity contribution in [3.8, 4) is 0 Å². The van der Waals surface area contributed by atoms with Crippen molar-refractivity contribution in [1.82, 2.24) is 0 Å². The second-order valence-corrected chi connectivity index (χ2v) is 9.80. The fraction of sp³-hybridized carbons (Fsp3) is 0.107. The van der Waals surface area contributed by atoms with Crippen LogP contribution in [0.1, 0.15) is 28.2 Å². The molecule has 4 rings (SSSR count). The van der Waals surface area contributed by atoms with E-state index in [1.165, 1.54) is 0 Å². The van der Waals surface area contributed by atoms with Gasteiger partial charge in [0.2, 0.25) is 0 Å². The van der Waals surface area contributed by atoms with Gasteiger partial charge in [0, 0.05) is 0 Å². The monoisotopic (exact) mass is 455 g/mol. The van der Waals surface area contributed by atoms with Crippen LogP contribution in [0.2, 0.25) is 0 Å². The van der Waals surface area contributed by atoms with Crippen LogP contribution in [0.4, 0.5) is 5.69 Å². The number of benzene rings is 4. The fourth-order valence-electron chi connectivity index (χ4n) is 3.77. The van der Waals surface area contributed by atoms with Crippen molar-refractivity contribution in [3.63, 3.8) is 0 Å². The van der Waals surface area contributed by atoms with Crippen molar-refractivity contribution in [3.05, 3.63) is 131 Å². The van der Waals surface area contributed by atoms with Gasteiger partial charge in [0.1, 0.15) is 0 Å². The summed E-state index contributed by atoms with van der Waals surface area (Å²) in [4.78, 5) is 14.2. The maximum Gasteiger partial charge on any atom is 0.270 e. The van der Waals surface area contributed by atoms with Crippen molar-refractivity contribution in [2.24, 2.45) is 0 Å². The van der Waals surface area contributed by atoms with Crippen LogP contribution in [0.25, 0.3) is 0 Å². The normalized spacial score (nSPS) is 11.4. The highest BCUT2D eigenvalue weighted by Gasteiger charge is 2.36. The molecule has 0 saturated heterocycles. The lowest BCUT2D eigenvalue weighted by Crippen LogP contribution is -2.40. The maximum atomic E-state index is 14.2. The third-order valence-electron chi connectivity index (χ3n) is 5.54. The summed E-state index contributed by atoms with van der Waals surface area (Å²) in [7, 11) is -4.16. The number of hydrogen-bond acceptors (Lipinski definition) is 3. The zero-order chi connectivity index (χ0) is 23.4. The van der Waals surface area contributed by atoms with E-state index in [1.54, 1.807) is 48.5 Å². The van der Waals surface area contributed by atoms with E-state index in [9.17, 15) is 13.2 Å². The largest absolute Gasteiger partial charge is 0.272 e. The second-order valence-electron chi connectivity index (χ2n) is 8.01. The van der Waals surface area contributed by atoms with Gasteiger partial charge in [0.25, 0.3) is 15.9 Å². The third-order valence-corrected chi connectivity index (χ3v) is 7.28. The lowest BCUT2D eigenvalue weighted by molar-refractivity contribution is -0.118. The van der Waals surface area contributed by atoms with Crippen LogP contribution in [0, 0.1) is 13.8 Å². The molecule has 0 N–H and O–H groups in total. The van der Waals surface area contributed by atoms with E-state index in [1.807, 2.05) is 74.5 Å². The summed E-state index contributed by atoms with van der Waals surface area (Å²) in [5.41, 5.74) is 3.67. The molecule has 5 heteroatoms. The molecule has 0 spiro atoms. The number of hydrogen-bond donors (Lipinski definition) is 0. The summed E-state index contributed by atoms with van der Waals surface area (Å²) >= 11 is 0. The van der Waals surface area contributed by atoms with Gasteiger partial charge in [-0.1, -0.05) is 96.1 Å². The molecule has 33 heavy (non-hydrogen) atoms. The molecule has 0 radical (unpaired) electrons. The summed E-state index contributed by atoms with van der Waals surface area (Å²) in [5, 5.41) is 0. The molecular formula is C28H25NO3S. The van der Waals surface area contributed by atoms with Crippen LogP contribution in [0.5, 0.6) is 0 Å². The number of sulfonamides is 1. The van der Waals surface area contributed by atoms with Gasteiger partial charge in [0.05, 0.1) is 16.5 Å². The number of anilines is 1. The van der Waals surface area contributed by atoms with Gasteiger partial charge < -0.3 is 0 Å². The number of nitrogens with zero attached hydrogens (tertiary/aromatic N) is 1. The minimum atomic E-state index is -4.16. The maximum absolute atomic E-state index is 14.2. The summed E-state index contributed by atoms with van der Waals surface area (Å²) in [6.07, 6.45) is 0. The Hall–Kier alpha value is -3.70. The number of amides is 1. The number of aryl methyl sites for hydroxylation is 2. The molecule has 0 heterocycles. The minimum Gasteiger partial charge on any atom is -0.272 e. The molecule has 0 fully saturated rings. The standard InChI is InChI=1S/C28H25NO3S/c1-21-13-17-25(18-14-21)29(33(31,32)26-19-15-22(2)16-20-26)28(30)27(23-9-5-3-6-10-23)24-11-7-4-8-12-24/h3-20,27H,1-2H3. The van der Waals surface area contributed by atoms with Gasteiger partial charge >= 0.3 is 0 Å². The molecule has 0 atom stereocenters. The molecule has 1 amide bonds. The van der Waals surface area contributed by atoms with Gasteiger partial charge in [-0.3, -0.25) is 4.79 Å². The highest BCUT2D eigenvalue weighted by atomic mass is 32.2. The van der Waals surface area contributed by atoms with E-state index in [-0.39, 0.29) is 4.90 Å². The minimum absolute atomic E-state index is 0.0712. The van der Waals surface area contributed by atoms with Crippen molar-refractivity contribution in [2.45, 2.75) is 24.7 Å². The topological polar surface area (TPSA) is 54.5 Å². The van der Waals surface area contributed by atoms with Crippen LogP contribution < -0.4 is 4.31 Å². The molecule has 0 aromatic heterocycles. The van der Waals surface area contributed by atoms with Crippen LogP contribution in [0.3, 0.4) is 0 Å². The molecule has 4 aromatic rings. The second kappa shape index (κ2) is 9.43. The number of rotatable bonds is 6. The third kappa shape index (κ3) is 4.73. The smallest absolute Gasteiger partial charge is 0.270 e. The Morgan fingerprint density at radius 1 is 0.636 bits per heavy atom. The van der Waals surface area contributed by atoms with E-state index in [4.69, 9.17) is 0 Å². The molecule has 0 aliphatic rings. The first kappa shape index (κ1) is 22.5. The van der Waals surface area contributed by atoms with Crippen molar-refractivity contribution in [2.75, 3.05) is 4.31 Å². The summed E-state index contributed by atoms with van der Waals surface area (Å²) in [6, 6.07) is 32.0. The first-order valence-corrected chi connectivity index (χ1v) is 12.1. The van der Waals surface area contributed by atoms with Crippen LogP contribution in [-0.4, -0.2) is 14.3 Å². The molecule has 0 unspecified atom stereocenters. The average Bonchev–Trinajstić information content (AvgIpc) is 2.82. The van der Waals surface area contributed by atoms with Crippen molar-refractivity contribution >= 4 is 21.6 Å². The van der Waals surface area contributed by atoms with E-state index in [0.717, 1.165) is 26.6 Å². The molecular weight excluding hydrogens is 430 g/mol. The van der Waals surface area contributed by atoms with Crippen molar-refractivity contribution < 1.29 is 13.2 Å². The lowest BCUT2D eigenvalue weighted by atomic mass is 9.90. The van der Waals surface area contributed by atoms with Crippen molar-refractivity contribution in [1.29, 1.82) is 0 Å². The summed E-state index contributed by atoms with van der Waals surface area (Å²) in [6.45, 7) is 3.81. The predicted octanol–water partition coefficient (Wildman–Crippen LogP) is 5.86. The molecule has 0 aliphatic heterocycles. The lowest BCUT2D eigenvalue weighted by Gasteiger charge is -2.28. The number of carbonyl (C=O) groups is 1. The Morgan fingerprint density at radius 2 is 1.06 bits per heavy atom. The summed E-state index contributed by atoms with van der Waals surface area (Å²) < 4.78 is 28.6. The zero-order valence-electron chi connectivity index (χ0n) is 18.5. The highest BCUT2D eigenvalue weighted by molar-refractivity contribution is 7.93. The van der Waals surface area contributed by atoms with Crippen LogP contribution in [-0.2, 0) is 14.8 Å². The van der Waals surface area contributed by atoms with E-state index < -0.39 is 21.8 Å². The molecule has 166 valence electrons. The predicted molar refractivity (Wildman–Crippen MR) is 132 cm³/mol. The van der Waals surface area contributed by atoms with Gasteiger partial charge in [-0.15, -0.1) is 0 Å². The quantitative estimate of drug-likeness (QED) is 0.366. The highest BCUT2D eigenvalue weighted by Crippen LogP contribution is 2.33. The van der Waals surface area contributed by atoms with Crippen LogP contribution >= 0.6 is 0 Å². The Balaban J connectivity index is 1.91. The summed E-state index contributed by atoms with van der Waals surface area (Å²) in [5.74, 6) is -1.31. The first-order valence-electron chi connectivity index (χ1n) is 10.7. The Bertz CT molecular complexity index is 1290. The Morgan fingerprint density at radius 3 is 1.52 bits per heavy atom. The van der Waals surface area contributed by atoms with E-state index in [0.29, 0.717) is 5.69 Å². The first-order chi connectivity index (χ1) is 15.9. The Kier molecular flexibility index (Phi) is 6.43.